The molecule has 32 heavy (non-hydrogen) atoms. The van der Waals surface area contributed by atoms with Crippen molar-refractivity contribution in [3.05, 3.63) is 58.0 Å². The summed E-state index contributed by atoms with van der Waals surface area (Å²) in [5, 5.41) is 3.06. The van der Waals surface area contributed by atoms with Gasteiger partial charge in [0.15, 0.2) is 0 Å². The fraction of sp³-hybridized carbons (Fsp3) is 0.478. The van der Waals surface area contributed by atoms with Gasteiger partial charge >= 0.3 is 6.18 Å². The summed E-state index contributed by atoms with van der Waals surface area (Å²) in [5.74, 6) is -0.508. The van der Waals surface area contributed by atoms with Crippen molar-refractivity contribution in [2.75, 3.05) is 18.0 Å². The number of rotatable bonds is 5. The van der Waals surface area contributed by atoms with Gasteiger partial charge in [0.25, 0.3) is 0 Å². The molecule has 2 unspecified atom stereocenters. The third-order valence-electron chi connectivity index (χ3n) is 6.43. The van der Waals surface area contributed by atoms with Crippen molar-refractivity contribution in [2.45, 2.75) is 56.7 Å². The molecule has 2 aromatic rings. The van der Waals surface area contributed by atoms with Crippen LogP contribution < -0.4 is 10.2 Å². The van der Waals surface area contributed by atoms with E-state index in [0.717, 1.165) is 29.8 Å². The molecule has 1 amide bonds. The van der Waals surface area contributed by atoms with Crippen molar-refractivity contribution in [2.24, 2.45) is 0 Å². The molecule has 2 atom stereocenters. The molecule has 0 spiro atoms. The second-order valence-electron chi connectivity index (χ2n) is 8.49. The van der Waals surface area contributed by atoms with Crippen LogP contribution in [-0.2, 0) is 16.6 Å². The topological polar surface area (TPSA) is 45.2 Å². The van der Waals surface area contributed by atoms with Gasteiger partial charge in [-0.25, -0.2) is 9.37 Å². The summed E-state index contributed by atoms with van der Waals surface area (Å²) in [6.07, 6.45) is -2.39. The van der Waals surface area contributed by atoms with Crippen LogP contribution in [0.3, 0.4) is 0 Å². The van der Waals surface area contributed by atoms with Crippen molar-refractivity contribution in [1.29, 1.82) is 0 Å². The van der Waals surface area contributed by atoms with Gasteiger partial charge in [0, 0.05) is 35.8 Å². The van der Waals surface area contributed by atoms with Crippen molar-refractivity contribution in [3.8, 4) is 0 Å². The first-order valence-electron chi connectivity index (χ1n) is 10.7. The van der Waals surface area contributed by atoms with Crippen molar-refractivity contribution < 1.29 is 22.4 Å². The van der Waals surface area contributed by atoms with Gasteiger partial charge in [-0.1, -0.05) is 24.6 Å². The Labute approximate surface area is 189 Å². The van der Waals surface area contributed by atoms with Crippen LogP contribution in [0.15, 0.2) is 30.3 Å². The molecule has 2 heterocycles. The van der Waals surface area contributed by atoms with E-state index >= 15 is 0 Å². The van der Waals surface area contributed by atoms with Crippen LogP contribution in [0, 0.1) is 5.82 Å². The number of benzene rings is 1. The highest BCUT2D eigenvalue weighted by Gasteiger charge is 2.60. The third-order valence-corrected chi connectivity index (χ3v) is 6.67. The lowest BCUT2D eigenvalue weighted by Gasteiger charge is -2.33. The maximum Gasteiger partial charge on any atom is 0.400 e. The number of nitrogens with zero attached hydrogens (tertiary/aromatic N) is 2. The summed E-state index contributed by atoms with van der Waals surface area (Å²) in [7, 11) is 0. The lowest BCUT2D eigenvalue weighted by Crippen LogP contribution is -2.45. The van der Waals surface area contributed by atoms with E-state index in [4.69, 9.17) is 11.6 Å². The van der Waals surface area contributed by atoms with Gasteiger partial charge in [-0.05, 0) is 55.5 Å². The number of anilines is 1. The zero-order valence-corrected chi connectivity index (χ0v) is 18.4. The van der Waals surface area contributed by atoms with Crippen LogP contribution in [0.2, 0.25) is 5.02 Å². The molecule has 1 fully saturated rings. The molecule has 1 aromatic carbocycles. The van der Waals surface area contributed by atoms with Crippen LogP contribution in [-0.4, -0.2) is 30.2 Å². The maximum absolute atomic E-state index is 14.5. The minimum atomic E-state index is -4.65. The molecule has 1 aromatic heterocycles. The number of hydrogen-bond donors (Lipinski definition) is 1. The van der Waals surface area contributed by atoms with Gasteiger partial charge in [0.2, 0.25) is 5.91 Å². The minimum Gasteiger partial charge on any atom is -0.355 e. The Morgan fingerprint density at radius 1 is 1.31 bits per heavy atom. The van der Waals surface area contributed by atoms with Crippen molar-refractivity contribution in [1.82, 2.24) is 10.3 Å². The third kappa shape index (κ3) is 4.05. The standard InChI is InChI=1S/C23H24ClF4N3O/c1-2-3-21(32)30-19-8-7-18-15(19)5-9-20(29-18)31-11-10-22(13-31,23(26,27)28)16-12-14(24)4-6-17(16)25/h4-6,9,12,19H,2-3,7-8,10-11,13H2,1H3,(H,30,32). The van der Waals surface area contributed by atoms with Crippen molar-refractivity contribution >= 4 is 23.3 Å². The Hall–Kier alpha value is -2.35. The Morgan fingerprint density at radius 3 is 2.81 bits per heavy atom. The molecular weight excluding hydrogens is 446 g/mol. The Kier molecular flexibility index (Phi) is 6.09. The van der Waals surface area contributed by atoms with Gasteiger partial charge in [-0.15, -0.1) is 0 Å². The first-order valence-corrected chi connectivity index (χ1v) is 11.1. The lowest BCUT2D eigenvalue weighted by molar-refractivity contribution is -0.185. The summed E-state index contributed by atoms with van der Waals surface area (Å²) in [4.78, 5) is 18.1. The fourth-order valence-corrected chi connectivity index (χ4v) is 4.92. The summed E-state index contributed by atoms with van der Waals surface area (Å²) in [5.41, 5.74) is -1.11. The Balaban J connectivity index is 1.60. The van der Waals surface area contributed by atoms with E-state index in [1.54, 1.807) is 11.0 Å². The van der Waals surface area contributed by atoms with E-state index in [9.17, 15) is 22.4 Å². The number of amides is 1. The molecule has 1 aliphatic heterocycles. The number of aryl methyl sites for hydroxylation is 1. The molecule has 4 nitrogen and oxygen atoms in total. The van der Waals surface area contributed by atoms with Gasteiger partial charge in [-0.2, -0.15) is 13.2 Å². The maximum atomic E-state index is 14.5. The predicted molar refractivity (Wildman–Crippen MR) is 114 cm³/mol. The lowest BCUT2D eigenvalue weighted by atomic mass is 9.78. The molecule has 1 aliphatic carbocycles. The van der Waals surface area contributed by atoms with Gasteiger partial charge in [-0.3, -0.25) is 4.79 Å². The molecule has 9 heteroatoms. The molecule has 172 valence electrons. The Bertz CT molecular complexity index is 1030. The van der Waals surface area contributed by atoms with Crippen LogP contribution in [0.1, 0.15) is 55.5 Å². The highest BCUT2D eigenvalue weighted by molar-refractivity contribution is 6.30. The number of carbonyl (C=O) groups excluding carboxylic acids is 1. The molecule has 0 saturated carbocycles. The first-order chi connectivity index (χ1) is 15.1. The first kappa shape index (κ1) is 22.8. The quantitative estimate of drug-likeness (QED) is 0.589. The average Bonchev–Trinajstić information content (AvgIpc) is 3.35. The number of pyridine rings is 1. The Morgan fingerprint density at radius 2 is 2.09 bits per heavy atom. The number of halogens is 5. The largest absolute Gasteiger partial charge is 0.400 e. The van der Waals surface area contributed by atoms with E-state index in [1.165, 1.54) is 6.07 Å². The van der Waals surface area contributed by atoms with Crippen molar-refractivity contribution in [3.63, 3.8) is 0 Å². The molecule has 1 N–H and O–H groups in total. The monoisotopic (exact) mass is 469 g/mol. The molecule has 0 radical (unpaired) electrons. The van der Waals surface area contributed by atoms with Crippen LogP contribution >= 0.6 is 11.6 Å². The van der Waals surface area contributed by atoms with Gasteiger partial charge in [0.1, 0.15) is 17.1 Å². The normalized spacial score (nSPS) is 22.8. The smallest absolute Gasteiger partial charge is 0.355 e. The van der Waals surface area contributed by atoms with Crippen LogP contribution in [0.5, 0.6) is 0 Å². The SMILES string of the molecule is CCCC(=O)NC1CCc2nc(N3CCC(c4cc(Cl)ccc4F)(C(F)(F)F)C3)ccc21. The zero-order chi connectivity index (χ0) is 23.1. The van der Waals surface area contributed by atoms with E-state index in [1.807, 2.05) is 13.0 Å². The average molecular weight is 470 g/mol. The van der Waals surface area contributed by atoms with E-state index in [-0.39, 0.29) is 29.9 Å². The molecule has 2 aliphatic rings. The second-order valence-corrected chi connectivity index (χ2v) is 8.93. The number of nitrogens with one attached hydrogen (secondary N) is 1. The molecule has 1 saturated heterocycles. The van der Waals surface area contributed by atoms with E-state index < -0.39 is 29.5 Å². The highest BCUT2D eigenvalue weighted by Crippen LogP contribution is 2.49. The summed E-state index contributed by atoms with van der Waals surface area (Å²) >= 11 is 5.90. The number of carbonyl (C=O) groups is 1. The van der Waals surface area contributed by atoms with Crippen LogP contribution in [0.25, 0.3) is 0 Å². The van der Waals surface area contributed by atoms with E-state index in [2.05, 4.69) is 10.3 Å². The number of fused-ring (bicyclic) bond motifs is 1. The van der Waals surface area contributed by atoms with E-state index in [0.29, 0.717) is 25.1 Å². The predicted octanol–water partition coefficient (Wildman–Crippen LogP) is 5.49. The number of alkyl halides is 3. The summed E-state index contributed by atoms with van der Waals surface area (Å²) in [6, 6.07) is 6.69. The van der Waals surface area contributed by atoms with Gasteiger partial charge < -0.3 is 10.2 Å². The number of hydrogen-bond acceptors (Lipinski definition) is 3. The molecule has 0 bridgehead atoms. The summed E-state index contributed by atoms with van der Waals surface area (Å²) in [6.45, 7) is 1.59. The molecule has 4 rings (SSSR count). The highest BCUT2D eigenvalue weighted by atomic mass is 35.5. The minimum absolute atomic E-state index is 0.0209. The number of aromatic nitrogens is 1. The molecular formula is C23H24ClF4N3O. The summed E-state index contributed by atoms with van der Waals surface area (Å²) < 4.78 is 57.3. The second kappa shape index (κ2) is 8.54. The zero-order valence-electron chi connectivity index (χ0n) is 17.6. The van der Waals surface area contributed by atoms with Crippen LogP contribution in [0.4, 0.5) is 23.4 Å². The fourth-order valence-electron chi connectivity index (χ4n) is 4.75. The van der Waals surface area contributed by atoms with Gasteiger partial charge in [0.05, 0.1) is 6.04 Å².